The van der Waals surface area contributed by atoms with E-state index in [4.69, 9.17) is 0 Å². The van der Waals surface area contributed by atoms with E-state index < -0.39 is 0 Å². The number of rotatable bonds is 8. The predicted molar refractivity (Wildman–Crippen MR) is 131 cm³/mol. The van der Waals surface area contributed by atoms with Crippen LogP contribution in [0.2, 0.25) is 0 Å². The van der Waals surface area contributed by atoms with Crippen LogP contribution in [0.25, 0.3) is 11.4 Å². The second kappa shape index (κ2) is 9.67. The molecular formula is C26H31N5OS. The Morgan fingerprint density at radius 1 is 1.09 bits per heavy atom. The van der Waals surface area contributed by atoms with Gasteiger partial charge in [-0.1, -0.05) is 48.5 Å². The zero-order chi connectivity index (χ0) is 22.8. The minimum Gasteiger partial charge on any atom is -0.352 e. The number of carbonyl (C=O) groups is 1. The number of fused-ring (bicyclic) bond motifs is 2. The fraction of sp³-hybridized carbons (Fsp3) is 0.462. The maximum absolute atomic E-state index is 13.1. The molecule has 1 N–H and O–H groups in total. The predicted octanol–water partition coefficient (Wildman–Crippen LogP) is 4.81. The molecule has 2 bridgehead atoms. The van der Waals surface area contributed by atoms with Gasteiger partial charge in [0.25, 0.3) is 0 Å². The van der Waals surface area contributed by atoms with Crippen LogP contribution >= 0.6 is 11.8 Å². The lowest BCUT2D eigenvalue weighted by atomic mass is 9.84. The molecule has 33 heavy (non-hydrogen) atoms. The molecule has 5 atom stereocenters. The normalized spacial score (nSPS) is 23.4. The molecule has 2 aliphatic rings. The smallest absolute Gasteiger partial charge is 0.233 e. The lowest BCUT2D eigenvalue weighted by Crippen LogP contribution is -2.43. The van der Waals surface area contributed by atoms with Crippen LogP contribution in [-0.2, 0) is 11.3 Å². The molecular weight excluding hydrogens is 430 g/mol. The molecule has 2 aliphatic carbocycles. The number of aromatic nitrogens is 4. The lowest BCUT2D eigenvalue weighted by molar-refractivity contribution is -0.121. The Hall–Kier alpha value is -2.67. The molecule has 2 heterocycles. The van der Waals surface area contributed by atoms with E-state index in [-0.39, 0.29) is 17.2 Å². The minimum atomic E-state index is -0.255. The molecule has 5 rings (SSSR count). The number of pyridine rings is 1. The van der Waals surface area contributed by atoms with Crippen LogP contribution in [0.3, 0.4) is 0 Å². The number of carbonyl (C=O) groups excluding carboxylic acids is 1. The van der Waals surface area contributed by atoms with Gasteiger partial charge in [0.05, 0.1) is 11.8 Å². The van der Waals surface area contributed by atoms with Gasteiger partial charge >= 0.3 is 0 Å². The van der Waals surface area contributed by atoms with Crippen molar-refractivity contribution in [1.29, 1.82) is 0 Å². The topological polar surface area (TPSA) is 72.7 Å². The Bertz CT molecular complexity index is 1090. The summed E-state index contributed by atoms with van der Waals surface area (Å²) in [6.07, 6.45) is 8.86. The van der Waals surface area contributed by atoms with E-state index in [0.29, 0.717) is 12.5 Å². The van der Waals surface area contributed by atoms with Gasteiger partial charge in [-0.25, -0.2) is 0 Å². The average Bonchev–Trinajstić information content (AvgIpc) is 3.57. The average molecular weight is 462 g/mol. The van der Waals surface area contributed by atoms with E-state index in [9.17, 15) is 4.79 Å². The Morgan fingerprint density at radius 2 is 1.88 bits per heavy atom. The highest BCUT2D eigenvalue weighted by molar-refractivity contribution is 8.00. The molecule has 0 radical (unpaired) electrons. The van der Waals surface area contributed by atoms with Crippen molar-refractivity contribution in [3.63, 3.8) is 0 Å². The van der Waals surface area contributed by atoms with Crippen molar-refractivity contribution in [3.05, 3.63) is 60.4 Å². The third kappa shape index (κ3) is 4.83. The third-order valence-corrected chi connectivity index (χ3v) is 8.38. The monoisotopic (exact) mass is 461 g/mol. The Labute approximate surface area is 199 Å². The third-order valence-electron chi connectivity index (χ3n) is 7.30. The van der Waals surface area contributed by atoms with Crippen molar-refractivity contribution in [1.82, 2.24) is 25.1 Å². The lowest BCUT2D eigenvalue weighted by Gasteiger charge is -2.29. The molecule has 0 spiro atoms. The van der Waals surface area contributed by atoms with Crippen molar-refractivity contribution in [2.24, 2.45) is 17.8 Å². The number of hydrogen-bond donors (Lipinski definition) is 1. The molecule has 7 heteroatoms. The van der Waals surface area contributed by atoms with Gasteiger partial charge in [0, 0.05) is 24.0 Å². The zero-order valence-electron chi connectivity index (χ0n) is 19.2. The molecule has 0 aliphatic heterocycles. The van der Waals surface area contributed by atoms with Crippen molar-refractivity contribution in [3.8, 4) is 11.4 Å². The number of amides is 1. The number of hydrogen-bond acceptors (Lipinski definition) is 5. The van der Waals surface area contributed by atoms with Crippen LogP contribution in [-0.4, -0.2) is 36.9 Å². The van der Waals surface area contributed by atoms with Gasteiger partial charge < -0.3 is 5.32 Å². The molecule has 172 valence electrons. The molecule has 2 fully saturated rings. The summed E-state index contributed by atoms with van der Waals surface area (Å²) >= 11 is 1.47. The van der Waals surface area contributed by atoms with E-state index in [1.54, 1.807) is 12.4 Å². The maximum atomic E-state index is 13.1. The van der Waals surface area contributed by atoms with Gasteiger partial charge in [-0.3, -0.25) is 14.3 Å². The van der Waals surface area contributed by atoms with E-state index in [1.807, 2.05) is 37.3 Å². The Balaban J connectivity index is 1.31. The summed E-state index contributed by atoms with van der Waals surface area (Å²) in [4.78, 5) is 17.2. The summed E-state index contributed by atoms with van der Waals surface area (Å²) < 4.78 is 2.10. The molecule has 6 nitrogen and oxygen atoms in total. The van der Waals surface area contributed by atoms with E-state index in [2.05, 4.69) is 44.1 Å². The zero-order valence-corrected chi connectivity index (χ0v) is 20.0. The van der Waals surface area contributed by atoms with Crippen LogP contribution in [0.1, 0.15) is 45.1 Å². The van der Waals surface area contributed by atoms with Crippen LogP contribution in [0.15, 0.2) is 60.0 Å². The van der Waals surface area contributed by atoms with Crippen molar-refractivity contribution in [2.45, 2.75) is 62.5 Å². The molecule has 2 saturated carbocycles. The first-order chi connectivity index (χ1) is 16.1. The van der Waals surface area contributed by atoms with Gasteiger partial charge in [-0.05, 0) is 68.6 Å². The van der Waals surface area contributed by atoms with Crippen LogP contribution in [0.5, 0.6) is 0 Å². The first-order valence-corrected chi connectivity index (χ1v) is 12.8. The number of nitrogens with zero attached hydrogens (tertiary/aromatic N) is 4. The fourth-order valence-corrected chi connectivity index (χ4v) is 6.42. The Morgan fingerprint density at radius 3 is 2.58 bits per heavy atom. The van der Waals surface area contributed by atoms with Gasteiger partial charge in [-0.15, -0.1) is 10.2 Å². The standard InChI is InChI=1S/C26H31N5OS/c1-17(23-15-20-8-9-22(23)14-20)28-25(32)18(2)33-26-30-29-24(21-10-12-27-13-11-21)31(26)16-19-6-4-3-5-7-19/h3-7,10-13,17-18,20,22-23H,8-9,14-16H2,1-2H3,(H,28,32). The molecule has 0 saturated heterocycles. The summed E-state index contributed by atoms with van der Waals surface area (Å²) in [7, 11) is 0. The van der Waals surface area contributed by atoms with Crippen LogP contribution < -0.4 is 5.32 Å². The summed E-state index contributed by atoms with van der Waals surface area (Å²) in [6.45, 7) is 4.78. The molecule has 5 unspecified atom stereocenters. The van der Waals surface area contributed by atoms with Gasteiger partial charge in [-0.2, -0.15) is 0 Å². The van der Waals surface area contributed by atoms with Crippen molar-refractivity contribution < 1.29 is 4.79 Å². The highest BCUT2D eigenvalue weighted by atomic mass is 32.2. The number of benzene rings is 1. The minimum absolute atomic E-state index is 0.0787. The highest BCUT2D eigenvalue weighted by Crippen LogP contribution is 2.49. The second-order valence-electron chi connectivity index (χ2n) is 9.51. The SMILES string of the molecule is CC(Sc1nnc(-c2ccncc2)n1Cc1ccccc1)C(=O)NC(C)C1CC2CCC1C2. The molecule has 2 aromatic heterocycles. The summed E-state index contributed by atoms with van der Waals surface area (Å²) in [5, 5.41) is 12.8. The van der Waals surface area contributed by atoms with Crippen molar-refractivity contribution in [2.75, 3.05) is 0 Å². The summed E-state index contributed by atoms with van der Waals surface area (Å²) in [5.41, 5.74) is 2.12. The number of nitrogens with one attached hydrogen (secondary N) is 1. The first-order valence-electron chi connectivity index (χ1n) is 11.9. The maximum Gasteiger partial charge on any atom is 0.233 e. The van der Waals surface area contributed by atoms with E-state index in [0.717, 1.165) is 33.9 Å². The summed E-state index contributed by atoms with van der Waals surface area (Å²) in [5.74, 6) is 3.17. The molecule has 1 amide bonds. The van der Waals surface area contributed by atoms with E-state index in [1.165, 1.54) is 37.4 Å². The Kier molecular flexibility index (Phi) is 6.49. The van der Waals surface area contributed by atoms with Gasteiger partial charge in [0.15, 0.2) is 11.0 Å². The van der Waals surface area contributed by atoms with Gasteiger partial charge in [0.1, 0.15) is 0 Å². The quantitative estimate of drug-likeness (QED) is 0.488. The molecule has 3 aromatic rings. The molecule has 1 aromatic carbocycles. The fourth-order valence-electron chi connectivity index (χ4n) is 5.57. The number of thioether (sulfide) groups is 1. The second-order valence-corrected chi connectivity index (χ2v) is 10.8. The van der Waals surface area contributed by atoms with Gasteiger partial charge in [0.2, 0.25) is 5.91 Å². The van der Waals surface area contributed by atoms with E-state index >= 15 is 0 Å². The first kappa shape index (κ1) is 22.1. The van der Waals surface area contributed by atoms with Crippen LogP contribution in [0, 0.1) is 17.8 Å². The highest BCUT2D eigenvalue weighted by Gasteiger charge is 2.42. The van der Waals surface area contributed by atoms with Crippen molar-refractivity contribution >= 4 is 17.7 Å². The van der Waals surface area contributed by atoms with Crippen LogP contribution in [0.4, 0.5) is 0 Å². The summed E-state index contributed by atoms with van der Waals surface area (Å²) in [6, 6.07) is 14.4. The largest absolute Gasteiger partial charge is 0.352 e.